The van der Waals surface area contributed by atoms with Gasteiger partial charge >= 0.3 is 6.09 Å². The highest BCUT2D eigenvalue weighted by atomic mass is 19.1. The Labute approximate surface area is 140 Å². The van der Waals surface area contributed by atoms with E-state index in [1.54, 1.807) is 51.2 Å². The van der Waals surface area contributed by atoms with Crippen molar-refractivity contribution in [1.29, 1.82) is 0 Å². The second-order valence-corrected chi connectivity index (χ2v) is 6.26. The van der Waals surface area contributed by atoms with Crippen LogP contribution in [0.2, 0.25) is 0 Å². The molecule has 2 aromatic rings. The van der Waals surface area contributed by atoms with Gasteiger partial charge in [-0.1, -0.05) is 12.1 Å². The summed E-state index contributed by atoms with van der Waals surface area (Å²) in [5.74, 6) is 0.322. The summed E-state index contributed by atoms with van der Waals surface area (Å²) < 4.78 is 23.6. The third kappa shape index (κ3) is 6.24. The number of nitrogens with one attached hydrogen (secondary N) is 1. The molecule has 0 aliphatic heterocycles. The molecule has 0 radical (unpaired) electrons. The minimum absolute atomic E-state index is 0.271. The number of alkyl carbamates (subject to hydrolysis) is 1. The fraction of sp³-hybridized carbons (Fsp3) is 0.333. The van der Waals surface area contributed by atoms with Crippen LogP contribution in [0.3, 0.4) is 0 Å². The Kier molecular flexibility index (Phi) is 5.73. The van der Waals surface area contributed by atoms with E-state index < -0.39 is 11.7 Å². The fourth-order valence-corrected chi connectivity index (χ4v) is 1.83. The van der Waals surface area contributed by atoms with Crippen molar-refractivity contribution in [3.8, 4) is 5.75 Å². The average molecular weight is 332 g/mol. The van der Waals surface area contributed by atoms with Crippen LogP contribution in [0.25, 0.3) is 0 Å². The average Bonchev–Trinajstić information content (AvgIpc) is 2.52. The summed E-state index contributed by atoms with van der Waals surface area (Å²) in [7, 11) is 0. The van der Waals surface area contributed by atoms with Crippen molar-refractivity contribution >= 4 is 6.09 Å². The second kappa shape index (κ2) is 7.77. The monoisotopic (exact) mass is 332 g/mol. The van der Waals surface area contributed by atoms with Crippen molar-refractivity contribution in [2.24, 2.45) is 0 Å². The number of amides is 1. The Bertz CT molecular complexity index is 664. The first-order valence-corrected chi connectivity index (χ1v) is 7.61. The molecule has 1 amide bonds. The van der Waals surface area contributed by atoms with E-state index in [4.69, 9.17) is 9.47 Å². The van der Waals surface area contributed by atoms with Crippen LogP contribution >= 0.6 is 0 Å². The SMILES string of the molecule is CC(C)(C)OC(=O)NCc1ccc(OCc2ccc(F)cc2)cn1. The maximum atomic E-state index is 12.8. The predicted molar refractivity (Wildman–Crippen MR) is 88.0 cm³/mol. The summed E-state index contributed by atoms with van der Waals surface area (Å²) >= 11 is 0. The van der Waals surface area contributed by atoms with Crippen molar-refractivity contribution in [2.75, 3.05) is 0 Å². The topological polar surface area (TPSA) is 60.5 Å². The fourth-order valence-electron chi connectivity index (χ4n) is 1.83. The van der Waals surface area contributed by atoms with E-state index in [2.05, 4.69) is 10.3 Å². The Balaban J connectivity index is 1.80. The molecule has 128 valence electrons. The first-order chi connectivity index (χ1) is 11.3. The largest absolute Gasteiger partial charge is 0.487 e. The standard InChI is InChI=1S/C18H21FN2O3/c1-18(2,3)24-17(22)21-10-15-8-9-16(11-20-15)23-12-13-4-6-14(19)7-5-13/h4-9,11H,10,12H2,1-3H3,(H,21,22). The Hall–Kier alpha value is -2.63. The summed E-state index contributed by atoms with van der Waals surface area (Å²) in [5.41, 5.74) is 1.03. The molecule has 0 aliphatic carbocycles. The van der Waals surface area contributed by atoms with E-state index in [1.807, 2.05) is 0 Å². The lowest BCUT2D eigenvalue weighted by Crippen LogP contribution is -2.32. The molecule has 0 bridgehead atoms. The van der Waals surface area contributed by atoms with Crippen molar-refractivity contribution in [1.82, 2.24) is 10.3 Å². The minimum atomic E-state index is -0.532. The van der Waals surface area contributed by atoms with E-state index in [0.717, 1.165) is 5.56 Å². The number of carbonyl (C=O) groups is 1. The molecule has 0 atom stereocenters. The van der Waals surface area contributed by atoms with E-state index in [9.17, 15) is 9.18 Å². The normalized spacial score (nSPS) is 11.0. The van der Waals surface area contributed by atoms with E-state index >= 15 is 0 Å². The molecule has 1 aromatic carbocycles. The molecule has 0 fully saturated rings. The summed E-state index contributed by atoms with van der Waals surface area (Å²) in [6.07, 6.45) is 1.09. The molecular formula is C18H21FN2O3. The number of hydrogen-bond donors (Lipinski definition) is 1. The molecule has 2 rings (SSSR count). The number of rotatable bonds is 5. The Morgan fingerprint density at radius 1 is 1.17 bits per heavy atom. The first kappa shape index (κ1) is 17.7. The third-order valence-electron chi connectivity index (χ3n) is 2.93. The van der Waals surface area contributed by atoms with Gasteiger partial charge in [-0.2, -0.15) is 0 Å². The summed E-state index contributed by atoms with van der Waals surface area (Å²) in [5, 5.41) is 2.64. The molecule has 24 heavy (non-hydrogen) atoms. The number of carbonyl (C=O) groups excluding carboxylic acids is 1. The molecule has 0 saturated carbocycles. The molecule has 5 nitrogen and oxygen atoms in total. The number of halogens is 1. The lowest BCUT2D eigenvalue weighted by molar-refractivity contribution is 0.0523. The summed E-state index contributed by atoms with van der Waals surface area (Å²) in [6.45, 7) is 6.01. The highest BCUT2D eigenvalue weighted by Gasteiger charge is 2.15. The quantitative estimate of drug-likeness (QED) is 0.904. The summed E-state index contributed by atoms with van der Waals surface area (Å²) in [4.78, 5) is 15.8. The van der Waals surface area contributed by atoms with E-state index in [-0.39, 0.29) is 12.4 Å². The highest BCUT2D eigenvalue weighted by molar-refractivity contribution is 5.67. The van der Waals surface area contributed by atoms with Crippen LogP contribution in [0.5, 0.6) is 5.75 Å². The van der Waals surface area contributed by atoms with Gasteiger partial charge < -0.3 is 14.8 Å². The van der Waals surface area contributed by atoms with Crippen LogP contribution in [0.4, 0.5) is 9.18 Å². The number of nitrogens with zero attached hydrogens (tertiary/aromatic N) is 1. The number of benzene rings is 1. The van der Waals surface area contributed by atoms with Crippen molar-refractivity contribution < 1.29 is 18.7 Å². The smallest absolute Gasteiger partial charge is 0.407 e. The third-order valence-corrected chi connectivity index (χ3v) is 2.93. The zero-order chi connectivity index (χ0) is 17.6. The zero-order valence-corrected chi connectivity index (χ0v) is 14.0. The van der Waals surface area contributed by atoms with Gasteiger partial charge in [-0.3, -0.25) is 4.98 Å². The van der Waals surface area contributed by atoms with Gasteiger partial charge in [0.05, 0.1) is 18.4 Å². The first-order valence-electron chi connectivity index (χ1n) is 7.61. The molecule has 0 unspecified atom stereocenters. The Morgan fingerprint density at radius 2 is 1.88 bits per heavy atom. The predicted octanol–water partition coefficient (Wildman–Crippen LogP) is 3.82. The molecule has 0 aliphatic rings. The number of pyridine rings is 1. The molecule has 6 heteroatoms. The minimum Gasteiger partial charge on any atom is -0.487 e. The van der Waals surface area contributed by atoms with Gasteiger partial charge in [0.25, 0.3) is 0 Å². The molecule has 1 heterocycles. The maximum absolute atomic E-state index is 12.8. The molecule has 0 spiro atoms. The molecular weight excluding hydrogens is 311 g/mol. The lowest BCUT2D eigenvalue weighted by atomic mass is 10.2. The van der Waals surface area contributed by atoms with Gasteiger partial charge in [0.1, 0.15) is 23.8 Å². The van der Waals surface area contributed by atoms with Gasteiger partial charge in [0, 0.05) is 0 Å². The van der Waals surface area contributed by atoms with Gasteiger partial charge in [-0.05, 0) is 50.6 Å². The van der Waals surface area contributed by atoms with Crippen LogP contribution < -0.4 is 10.1 Å². The number of aromatic nitrogens is 1. The number of hydrogen-bond acceptors (Lipinski definition) is 4. The second-order valence-electron chi connectivity index (χ2n) is 6.26. The van der Waals surface area contributed by atoms with Gasteiger partial charge in [0.2, 0.25) is 0 Å². The van der Waals surface area contributed by atoms with Crippen LogP contribution in [0.1, 0.15) is 32.0 Å². The number of ether oxygens (including phenoxy) is 2. The van der Waals surface area contributed by atoms with Crippen molar-refractivity contribution in [3.05, 3.63) is 59.7 Å². The van der Waals surface area contributed by atoms with Gasteiger partial charge in [0.15, 0.2) is 0 Å². The van der Waals surface area contributed by atoms with Crippen LogP contribution in [0, 0.1) is 5.82 Å². The Morgan fingerprint density at radius 3 is 2.46 bits per heavy atom. The van der Waals surface area contributed by atoms with Crippen molar-refractivity contribution in [3.63, 3.8) is 0 Å². The van der Waals surface area contributed by atoms with E-state index in [1.165, 1.54) is 12.1 Å². The van der Waals surface area contributed by atoms with E-state index in [0.29, 0.717) is 18.1 Å². The highest BCUT2D eigenvalue weighted by Crippen LogP contribution is 2.13. The molecule has 1 N–H and O–H groups in total. The lowest BCUT2D eigenvalue weighted by Gasteiger charge is -2.19. The van der Waals surface area contributed by atoms with Crippen LogP contribution in [-0.2, 0) is 17.9 Å². The van der Waals surface area contributed by atoms with Crippen molar-refractivity contribution in [2.45, 2.75) is 39.5 Å². The molecule has 0 saturated heterocycles. The van der Waals surface area contributed by atoms with Crippen LogP contribution in [-0.4, -0.2) is 16.7 Å². The maximum Gasteiger partial charge on any atom is 0.407 e. The zero-order valence-electron chi connectivity index (χ0n) is 14.0. The summed E-state index contributed by atoms with van der Waals surface area (Å²) in [6, 6.07) is 9.65. The molecule has 1 aromatic heterocycles. The van der Waals surface area contributed by atoms with Gasteiger partial charge in [-0.25, -0.2) is 9.18 Å². The van der Waals surface area contributed by atoms with Gasteiger partial charge in [-0.15, -0.1) is 0 Å². The van der Waals surface area contributed by atoms with Crippen LogP contribution in [0.15, 0.2) is 42.6 Å².